The van der Waals surface area contributed by atoms with Crippen LogP contribution in [0.25, 0.3) is 11.1 Å². The van der Waals surface area contributed by atoms with Gasteiger partial charge >= 0.3 is 0 Å². The molecule has 8 nitrogen and oxygen atoms in total. The second-order valence-corrected chi connectivity index (χ2v) is 9.46. The molecule has 1 aromatic heterocycles. The largest absolute Gasteiger partial charge is 0.395 e. The molecule has 10 heteroatoms. The standard InChI is InChI=1S/C26H26Cl2N4O4/c1-30(11-12-33)16-24(34)29-23-15-31(14-21(23)18-8-7-17(27)13-22(18)28)9-4-10-32-25(35)19-5-2-3-6-20(19)26(32)36/h2-3,5-8,13-15,33H,4,9-12,16H2,1H3,(H,29,34). The van der Waals surface area contributed by atoms with Gasteiger partial charge in [0.05, 0.1) is 35.0 Å². The number of amides is 3. The smallest absolute Gasteiger partial charge is 0.261 e. The lowest BCUT2D eigenvalue weighted by Crippen LogP contribution is -2.32. The number of aliphatic hydroxyl groups excluding tert-OH is 1. The van der Waals surface area contributed by atoms with Crippen molar-refractivity contribution in [2.75, 3.05) is 38.6 Å². The molecule has 4 rings (SSSR count). The Hall–Kier alpha value is -3.17. The van der Waals surface area contributed by atoms with E-state index < -0.39 is 0 Å². The van der Waals surface area contributed by atoms with Crippen LogP contribution in [0.2, 0.25) is 10.0 Å². The number of fused-ring (bicyclic) bond motifs is 1. The van der Waals surface area contributed by atoms with Crippen LogP contribution in [-0.2, 0) is 11.3 Å². The van der Waals surface area contributed by atoms with Crippen molar-refractivity contribution >= 4 is 46.6 Å². The molecule has 3 aromatic rings. The maximum atomic E-state index is 12.6. The molecule has 0 radical (unpaired) electrons. The zero-order valence-electron chi connectivity index (χ0n) is 19.7. The predicted molar refractivity (Wildman–Crippen MR) is 140 cm³/mol. The number of hydrogen-bond acceptors (Lipinski definition) is 5. The van der Waals surface area contributed by atoms with E-state index in [1.165, 1.54) is 4.90 Å². The second kappa shape index (κ2) is 11.3. The number of carbonyl (C=O) groups is 3. The van der Waals surface area contributed by atoms with Crippen LogP contribution in [0.1, 0.15) is 27.1 Å². The van der Waals surface area contributed by atoms with E-state index in [4.69, 9.17) is 28.3 Å². The fourth-order valence-electron chi connectivity index (χ4n) is 4.20. The van der Waals surface area contributed by atoms with Gasteiger partial charge in [-0.05, 0) is 37.7 Å². The first-order valence-electron chi connectivity index (χ1n) is 11.5. The Morgan fingerprint density at radius 1 is 0.972 bits per heavy atom. The zero-order chi connectivity index (χ0) is 25.8. The number of hydrogen-bond donors (Lipinski definition) is 2. The Morgan fingerprint density at radius 2 is 1.67 bits per heavy atom. The van der Waals surface area contributed by atoms with E-state index in [9.17, 15) is 14.4 Å². The number of aryl methyl sites for hydroxylation is 1. The van der Waals surface area contributed by atoms with E-state index in [2.05, 4.69) is 5.32 Å². The van der Waals surface area contributed by atoms with E-state index in [0.717, 1.165) is 5.56 Å². The van der Waals surface area contributed by atoms with Crippen LogP contribution in [-0.4, -0.2) is 70.5 Å². The van der Waals surface area contributed by atoms with E-state index >= 15 is 0 Å². The molecular weight excluding hydrogens is 503 g/mol. The Labute approximate surface area is 219 Å². The molecule has 0 unspecified atom stereocenters. The fraction of sp³-hybridized carbons (Fsp3) is 0.269. The average Bonchev–Trinajstić information content (AvgIpc) is 3.33. The molecule has 1 aliphatic heterocycles. The maximum absolute atomic E-state index is 12.6. The summed E-state index contributed by atoms with van der Waals surface area (Å²) in [5.41, 5.74) is 2.86. The minimum absolute atomic E-state index is 0.0428. The van der Waals surface area contributed by atoms with Gasteiger partial charge in [0.1, 0.15) is 0 Å². The Bertz CT molecular complexity index is 1270. The van der Waals surface area contributed by atoms with Crippen LogP contribution in [0, 0.1) is 0 Å². The van der Waals surface area contributed by atoms with Gasteiger partial charge < -0.3 is 15.0 Å². The first kappa shape index (κ1) is 25.9. The van der Waals surface area contributed by atoms with E-state index in [1.54, 1.807) is 60.6 Å². The summed E-state index contributed by atoms with van der Waals surface area (Å²) >= 11 is 12.5. The summed E-state index contributed by atoms with van der Waals surface area (Å²) in [5, 5.41) is 13.0. The Kier molecular flexibility index (Phi) is 8.11. The number of carbonyl (C=O) groups excluding carboxylic acids is 3. The molecule has 0 spiro atoms. The number of aromatic nitrogens is 1. The van der Waals surface area contributed by atoms with Gasteiger partial charge in [-0.3, -0.25) is 24.2 Å². The second-order valence-electron chi connectivity index (χ2n) is 8.62. The summed E-state index contributed by atoms with van der Waals surface area (Å²) in [6, 6.07) is 12.0. The number of likely N-dealkylation sites (N-methyl/N-ethyl adjacent to an activating group) is 1. The zero-order valence-corrected chi connectivity index (χ0v) is 21.2. The molecule has 0 saturated carbocycles. The first-order chi connectivity index (χ1) is 17.3. The average molecular weight is 529 g/mol. The quantitative estimate of drug-likeness (QED) is 0.387. The summed E-state index contributed by atoms with van der Waals surface area (Å²) in [4.78, 5) is 40.8. The molecule has 0 saturated heterocycles. The van der Waals surface area contributed by atoms with Gasteiger partial charge in [0.15, 0.2) is 0 Å². The third-order valence-electron chi connectivity index (χ3n) is 5.95. The van der Waals surface area contributed by atoms with Crippen LogP contribution in [0.4, 0.5) is 5.69 Å². The number of anilines is 1. The van der Waals surface area contributed by atoms with E-state index in [0.29, 0.717) is 51.9 Å². The van der Waals surface area contributed by atoms with Crippen LogP contribution in [0.3, 0.4) is 0 Å². The highest BCUT2D eigenvalue weighted by Crippen LogP contribution is 2.36. The molecule has 0 atom stereocenters. The van der Waals surface area contributed by atoms with Crippen LogP contribution < -0.4 is 5.32 Å². The minimum Gasteiger partial charge on any atom is -0.395 e. The highest BCUT2D eigenvalue weighted by Gasteiger charge is 2.34. The lowest BCUT2D eigenvalue weighted by molar-refractivity contribution is -0.117. The van der Waals surface area contributed by atoms with Gasteiger partial charge in [-0.1, -0.05) is 41.4 Å². The van der Waals surface area contributed by atoms with Crippen LogP contribution in [0.5, 0.6) is 0 Å². The fourth-order valence-corrected chi connectivity index (χ4v) is 4.71. The molecule has 0 fully saturated rings. The number of aliphatic hydroxyl groups is 1. The lowest BCUT2D eigenvalue weighted by atomic mass is 10.1. The molecule has 188 valence electrons. The molecule has 2 heterocycles. The summed E-state index contributed by atoms with van der Waals surface area (Å²) in [6.45, 7) is 1.22. The third-order valence-corrected chi connectivity index (χ3v) is 6.49. The number of halogens is 2. The van der Waals surface area contributed by atoms with Gasteiger partial charge in [0.25, 0.3) is 11.8 Å². The molecule has 0 aliphatic carbocycles. The van der Waals surface area contributed by atoms with Crippen molar-refractivity contribution in [1.82, 2.24) is 14.4 Å². The van der Waals surface area contributed by atoms with Gasteiger partial charge in [-0.15, -0.1) is 0 Å². The summed E-state index contributed by atoms with van der Waals surface area (Å²) in [5.74, 6) is -0.797. The van der Waals surface area contributed by atoms with Crippen molar-refractivity contribution < 1.29 is 19.5 Å². The number of nitrogens with one attached hydrogen (secondary N) is 1. The molecular formula is C26H26Cl2N4O4. The van der Waals surface area contributed by atoms with Crippen molar-refractivity contribution in [2.45, 2.75) is 13.0 Å². The van der Waals surface area contributed by atoms with Crippen molar-refractivity contribution in [3.63, 3.8) is 0 Å². The Balaban J connectivity index is 1.50. The van der Waals surface area contributed by atoms with Gasteiger partial charge in [0, 0.05) is 48.2 Å². The normalized spacial score (nSPS) is 13.0. The van der Waals surface area contributed by atoms with Crippen molar-refractivity contribution in [3.05, 3.63) is 76.0 Å². The molecule has 2 N–H and O–H groups in total. The molecule has 1 aliphatic rings. The number of rotatable bonds is 10. The summed E-state index contributed by atoms with van der Waals surface area (Å²) in [6.07, 6.45) is 4.19. The van der Waals surface area contributed by atoms with Crippen molar-refractivity contribution in [3.8, 4) is 11.1 Å². The third kappa shape index (κ3) is 5.63. The first-order valence-corrected chi connectivity index (χ1v) is 12.2. The van der Waals surface area contributed by atoms with Gasteiger partial charge in [0.2, 0.25) is 5.91 Å². The van der Waals surface area contributed by atoms with Crippen LogP contribution >= 0.6 is 23.2 Å². The molecule has 36 heavy (non-hydrogen) atoms. The summed E-state index contributed by atoms with van der Waals surface area (Å²) < 4.78 is 1.89. The predicted octanol–water partition coefficient (Wildman–Crippen LogP) is 4.01. The Morgan fingerprint density at radius 3 is 2.31 bits per heavy atom. The highest BCUT2D eigenvalue weighted by molar-refractivity contribution is 6.36. The maximum Gasteiger partial charge on any atom is 0.261 e. The topological polar surface area (TPSA) is 94.9 Å². The van der Waals surface area contributed by atoms with Crippen molar-refractivity contribution in [1.29, 1.82) is 0 Å². The molecule has 3 amide bonds. The minimum atomic E-state index is -0.281. The number of imide groups is 1. The summed E-state index contributed by atoms with van der Waals surface area (Å²) in [7, 11) is 1.75. The monoisotopic (exact) mass is 528 g/mol. The van der Waals surface area contributed by atoms with Gasteiger partial charge in [-0.2, -0.15) is 0 Å². The SMILES string of the molecule is CN(CCO)CC(=O)Nc1cn(CCCN2C(=O)c3ccccc3C2=O)cc1-c1ccc(Cl)cc1Cl. The van der Waals surface area contributed by atoms with E-state index in [1.807, 2.05) is 10.8 Å². The molecule has 2 aromatic carbocycles. The highest BCUT2D eigenvalue weighted by atomic mass is 35.5. The van der Waals surface area contributed by atoms with Crippen LogP contribution in [0.15, 0.2) is 54.9 Å². The lowest BCUT2D eigenvalue weighted by Gasteiger charge is -2.15. The number of benzene rings is 2. The van der Waals surface area contributed by atoms with Gasteiger partial charge in [-0.25, -0.2) is 0 Å². The molecule has 0 bridgehead atoms. The van der Waals surface area contributed by atoms with E-state index in [-0.39, 0.29) is 37.4 Å². The number of nitrogens with zero attached hydrogens (tertiary/aromatic N) is 3. The van der Waals surface area contributed by atoms with Crippen molar-refractivity contribution in [2.24, 2.45) is 0 Å².